The van der Waals surface area contributed by atoms with Crippen molar-refractivity contribution < 1.29 is 48.3 Å². The topological polar surface area (TPSA) is 139 Å². The Labute approximate surface area is 241 Å². The van der Waals surface area contributed by atoms with Gasteiger partial charge in [-0.05, 0) is 36.4 Å². The molecule has 0 fully saturated rings. The predicted molar refractivity (Wildman–Crippen MR) is 146 cm³/mol. The second kappa shape index (κ2) is 18.4. The van der Waals surface area contributed by atoms with Gasteiger partial charge >= 0.3 is 0 Å². The SMILES string of the molecule is O/N=C(\Cl)c1ccc2c(c1)OCCOCCOCCOc1cc(/C(Cl)=N/O)ccc1OCCOCCOCCO2. The number of hydrogen-bond donors (Lipinski definition) is 2. The van der Waals surface area contributed by atoms with Crippen molar-refractivity contribution in [1.82, 2.24) is 0 Å². The molecule has 2 N–H and O–H groups in total. The molecule has 3 rings (SSSR count). The number of fused-ring (bicyclic) bond motifs is 2. The van der Waals surface area contributed by atoms with Gasteiger partial charge in [0.15, 0.2) is 33.3 Å². The molecule has 12 nitrogen and oxygen atoms in total. The summed E-state index contributed by atoms with van der Waals surface area (Å²) in [4.78, 5) is 0. The smallest absolute Gasteiger partial charge is 0.175 e. The average Bonchev–Trinajstić information content (AvgIpc) is 2.98. The number of rotatable bonds is 2. The van der Waals surface area contributed by atoms with Gasteiger partial charge in [0, 0.05) is 11.1 Å². The van der Waals surface area contributed by atoms with E-state index in [0.29, 0.717) is 87.0 Å². The maximum atomic E-state index is 8.97. The maximum Gasteiger partial charge on any atom is 0.175 e. The first-order valence-corrected chi connectivity index (χ1v) is 13.2. The van der Waals surface area contributed by atoms with E-state index in [1.54, 1.807) is 36.4 Å². The second-order valence-corrected chi connectivity index (χ2v) is 8.66. The lowest BCUT2D eigenvalue weighted by molar-refractivity contribution is 0.0223. The van der Waals surface area contributed by atoms with Gasteiger partial charge in [0.25, 0.3) is 0 Å². The zero-order chi connectivity index (χ0) is 28.4. The van der Waals surface area contributed by atoms with Crippen LogP contribution in [0.25, 0.3) is 0 Å². The summed E-state index contributed by atoms with van der Waals surface area (Å²) in [6, 6.07) is 9.90. The zero-order valence-corrected chi connectivity index (χ0v) is 23.3. The lowest BCUT2D eigenvalue weighted by Gasteiger charge is -2.15. The van der Waals surface area contributed by atoms with Crippen LogP contribution < -0.4 is 18.9 Å². The van der Waals surface area contributed by atoms with Crippen LogP contribution in [-0.4, -0.2) is 100 Å². The number of nitrogens with zero attached hydrogens (tertiary/aromatic N) is 2. The monoisotopic (exact) mass is 602 g/mol. The predicted octanol–water partition coefficient (Wildman–Crippen LogP) is 3.73. The standard InChI is InChI=1S/C26H32Cl2N2O10/c27-25(29-31)19-1-3-21-23(17-19)39-15-11-35-7-8-36-12-16-40-24-18-20(26(28)30-32)2-4-22(24)38-14-10-34-6-5-33-9-13-37-21/h1-4,17-18,31-32H,5-16H2/b29-25-,30-26-. The molecule has 40 heavy (non-hydrogen) atoms. The van der Waals surface area contributed by atoms with Crippen LogP contribution in [-0.2, 0) is 18.9 Å². The second-order valence-electron chi connectivity index (χ2n) is 7.95. The fourth-order valence-electron chi connectivity index (χ4n) is 3.34. The van der Waals surface area contributed by atoms with Crippen LogP contribution in [0.1, 0.15) is 11.1 Å². The third-order valence-corrected chi connectivity index (χ3v) is 5.81. The fourth-order valence-corrected chi connectivity index (χ4v) is 3.57. The normalized spacial score (nSPS) is 17.9. The summed E-state index contributed by atoms with van der Waals surface area (Å²) < 4.78 is 45.5. The molecule has 2 aromatic carbocycles. The lowest BCUT2D eigenvalue weighted by Crippen LogP contribution is -2.16. The minimum atomic E-state index is -0.0751. The Morgan fingerprint density at radius 3 is 1.10 bits per heavy atom. The lowest BCUT2D eigenvalue weighted by atomic mass is 10.2. The van der Waals surface area contributed by atoms with E-state index in [-0.39, 0.29) is 36.8 Å². The number of ether oxygens (including phenoxy) is 8. The molecule has 0 bridgehead atoms. The molecule has 0 saturated carbocycles. The van der Waals surface area contributed by atoms with Gasteiger partial charge in [-0.3, -0.25) is 0 Å². The van der Waals surface area contributed by atoms with E-state index in [1.807, 2.05) is 0 Å². The van der Waals surface area contributed by atoms with Crippen molar-refractivity contribution in [2.45, 2.75) is 0 Å². The van der Waals surface area contributed by atoms with Crippen LogP contribution in [0, 0.1) is 0 Å². The number of oxime groups is 2. The van der Waals surface area contributed by atoms with Crippen molar-refractivity contribution in [3.63, 3.8) is 0 Å². The Morgan fingerprint density at radius 1 is 0.475 bits per heavy atom. The molecule has 0 unspecified atom stereocenters. The van der Waals surface area contributed by atoms with Gasteiger partial charge in [-0.25, -0.2) is 0 Å². The van der Waals surface area contributed by atoms with Gasteiger partial charge in [0.05, 0.1) is 52.9 Å². The minimum Gasteiger partial charge on any atom is -0.487 e. The van der Waals surface area contributed by atoms with Crippen LogP contribution in [0.2, 0.25) is 0 Å². The first-order chi connectivity index (χ1) is 19.6. The van der Waals surface area contributed by atoms with E-state index in [1.165, 1.54) is 0 Å². The highest BCUT2D eigenvalue weighted by Crippen LogP contribution is 2.30. The highest BCUT2D eigenvalue weighted by Gasteiger charge is 2.12. The van der Waals surface area contributed by atoms with E-state index in [2.05, 4.69) is 10.3 Å². The Balaban J connectivity index is 1.56. The van der Waals surface area contributed by atoms with Crippen LogP contribution >= 0.6 is 23.2 Å². The number of benzene rings is 2. The van der Waals surface area contributed by atoms with E-state index >= 15 is 0 Å². The van der Waals surface area contributed by atoms with Gasteiger partial charge in [-0.2, -0.15) is 0 Å². The quantitative estimate of drug-likeness (QED) is 0.297. The molecule has 0 amide bonds. The molecule has 1 aliphatic rings. The Bertz CT molecular complexity index is 1020. The van der Waals surface area contributed by atoms with E-state index < -0.39 is 0 Å². The van der Waals surface area contributed by atoms with Gasteiger partial charge in [-0.15, -0.1) is 0 Å². The third kappa shape index (κ3) is 10.9. The molecule has 14 heteroatoms. The molecule has 0 radical (unpaired) electrons. The molecule has 0 spiro atoms. The van der Waals surface area contributed by atoms with Gasteiger partial charge in [0.2, 0.25) is 0 Å². The van der Waals surface area contributed by atoms with Crippen molar-refractivity contribution in [1.29, 1.82) is 0 Å². The van der Waals surface area contributed by atoms with Crippen molar-refractivity contribution >= 4 is 33.5 Å². The Hall–Kier alpha value is -3.00. The highest BCUT2D eigenvalue weighted by atomic mass is 35.5. The maximum absolute atomic E-state index is 8.97. The largest absolute Gasteiger partial charge is 0.487 e. The molecule has 1 heterocycles. The number of hydrogen-bond acceptors (Lipinski definition) is 12. The first kappa shape index (κ1) is 31.5. The molecule has 0 aromatic heterocycles. The molecule has 0 atom stereocenters. The van der Waals surface area contributed by atoms with E-state index in [9.17, 15) is 0 Å². The number of halogens is 2. The fraction of sp³-hybridized carbons (Fsp3) is 0.462. The molecule has 2 aromatic rings. The van der Waals surface area contributed by atoms with Crippen molar-refractivity contribution in [2.75, 3.05) is 79.3 Å². The molecule has 1 aliphatic heterocycles. The van der Waals surface area contributed by atoms with Gasteiger partial charge in [-0.1, -0.05) is 33.5 Å². The summed E-state index contributed by atoms with van der Waals surface area (Å²) in [5, 5.41) is 23.8. The first-order valence-electron chi connectivity index (χ1n) is 12.5. The van der Waals surface area contributed by atoms with Gasteiger partial charge in [0.1, 0.15) is 26.4 Å². The zero-order valence-electron chi connectivity index (χ0n) is 21.8. The Kier molecular flexibility index (Phi) is 14.5. The Morgan fingerprint density at radius 2 is 0.775 bits per heavy atom. The average molecular weight is 603 g/mol. The third-order valence-electron chi connectivity index (χ3n) is 5.22. The molecule has 220 valence electrons. The molecule has 0 aliphatic carbocycles. The van der Waals surface area contributed by atoms with Crippen LogP contribution in [0.5, 0.6) is 23.0 Å². The van der Waals surface area contributed by atoms with Crippen LogP contribution in [0.4, 0.5) is 0 Å². The van der Waals surface area contributed by atoms with E-state index in [4.69, 9.17) is 71.5 Å². The summed E-state index contributed by atoms with van der Waals surface area (Å²) in [6.07, 6.45) is 0. The summed E-state index contributed by atoms with van der Waals surface area (Å²) in [5.41, 5.74) is 0.939. The van der Waals surface area contributed by atoms with E-state index in [0.717, 1.165) is 0 Å². The van der Waals surface area contributed by atoms with Crippen LogP contribution in [0.15, 0.2) is 46.7 Å². The summed E-state index contributed by atoms with van der Waals surface area (Å²) in [7, 11) is 0. The highest BCUT2D eigenvalue weighted by molar-refractivity contribution is 6.69. The molecular formula is C26H32Cl2N2O10. The molecule has 0 saturated heterocycles. The summed E-state index contributed by atoms with van der Waals surface area (Å²) in [5.74, 6) is 1.81. The molecular weight excluding hydrogens is 571 g/mol. The van der Waals surface area contributed by atoms with Crippen LogP contribution in [0.3, 0.4) is 0 Å². The van der Waals surface area contributed by atoms with Crippen molar-refractivity contribution in [3.8, 4) is 23.0 Å². The summed E-state index contributed by atoms with van der Waals surface area (Å²) >= 11 is 11.9. The summed E-state index contributed by atoms with van der Waals surface area (Å²) in [6.45, 7) is 3.72. The van der Waals surface area contributed by atoms with Crippen molar-refractivity contribution in [3.05, 3.63) is 47.5 Å². The van der Waals surface area contributed by atoms with Gasteiger partial charge < -0.3 is 48.3 Å². The minimum absolute atomic E-state index is 0.0751. The van der Waals surface area contributed by atoms with Crippen molar-refractivity contribution in [2.24, 2.45) is 10.3 Å².